The minimum atomic E-state index is -0.275. The van der Waals surface area contributed by atoms with Gasteiger partial charge >= 0.3 is 0 Å². The lowest BCUT2D eigenvalue weighted by molar-refractivity contribution is -0.135. The predicted octanol–water partition coefficient (Wildman–Crippen LogP) is 4.22. The molecule has 1 heterocycles. The Balaban J connectivity index is 1.81. The normalized spacial score (nSPS) is 19.9. The first-order valence-corrected chi connectivity index (χ1v) is 10.8. The highest BCUT2D eigenvalue weighted by Crippen LogP contribution is 2.32. The van der Waals surface area contributed by atoms with Crippen LogP contribution in [-0.4, -0.2) is 35.8 Å². The number of hydrogen-bond donors (Lipinski definition) is 1. The minimum absolute atomic E-state index is 0.00505. The molecule has 2 amide bonds. The number of benzene rings is 2. The van der Waals surface area contributed by atoms with E-state index in [-0.39, 0.29) is 35.5 Å². The molecule has 1 N–H and O–H groups in total. The molecule has 2 aromatic rings. The molecular weight excluding hydrogens is 379 g/mol. The number of hydrogen-bond acceptors (Lipinski definition) is 2. The summed E-state index contributed by atoms with van der Waals surface area (Å²) < 4.78 is 13.8. The minimum Gasteiger partial charge on any atom is -0.353 e. The Hall–Kier alpha value is -2.69. The number of carbonyl (C=O) groups excluding carboxylic acids is 2. The fourth-order valence-corrected chi connectivity index (χ4v) is 4.00. The van der Waals surface area contributed by atoms with Crippen molar-refractivity contribution >= 4 is 11.8 Å². The first-order chi connectivity index (χ1) is 14.4. The van der Waals surface area contributed by atoms with Crippen LogP contribution in [0.25, 0.3) is 0 Å². The van der Waals surface area contributed by atoms with Gasteiger partial charge in [-0.05, 0) is 49.4 Å². The topological polar surface area (TPSA) is 49.4 Å². The number of piperidine rings is 1. The van der Waals surface area contributed by atoms with Gasteiger partial charge in [-0.3, -0.25) is 9.59 Å². The number of likely N-dealkylation sites (tertiary alicyclic amines) is 1. The maximum atomic E-state index is 13.8. The molecular formula is C25H31FN2O2. The summed E-state index contributed by atoms with van der Waals surface area (Å²) in [5, 5.41) is 3.06. The molecule has 3 unspecified atom stereocenters. The van der Waals surface area contributed by atoms with Crippen LogP contribution in [0.3, 0.4) is 0 Å². The molecule has 30 heavy (non-hydrogen) atoms. The molecule has 0 radical (unpaired) electrons. The van der Waals surface area contributed by atoms with Crippen molar-refractivity contribution in [1.82, 2.24) is 10.2 Å². The molecule has 5 heteroatoms. The molecule has 3 rings (SSSR count). The highest BCUT2D eigenvalue weighted by Gasteiger charge is 2.34. The third-order valence-corrected chi connectivity index (χ3v) is 6.03. The zero-order valence-corrected chi connectivity index (χ0v) is 18.0. The van der Waals surface area contributed by atoms with Crippen LogP contribution in [-0.2, 0) is 16.0 Å². The average Bonchev–Trinajstić information content (AvgIpc) is 2.75. The van der Waals surface area contributed by atoms with Gasteiger partial charge in [-0.1, -0.05) is 49.4 Å². The van der Waals surface area contributed by atoms with Gasteiger partial charge in [0.1, 0.15) is 5.82 Å². The van der Waals surface area contributed by atoms with Gasteiger partial charge in [0.2, 0.25) is 11.8 Å². The lowest BCUT2D eigenvalue weighted by atomic mass is 9.83. The van der Waals surface area contributed by atoms with E-state index < -0.39 is 0 Å². The van der Waals surface area contributed by atoms with Crippen LogP contribution in [0.4, 0.5) is 4.39 Å². The zero-order valence-electron chi connectivity index (χ0n) is 18.0. The van der Waals surface area contributed by atoms with Gasteiger partial charge in [0.25, 0.3) is 0 Å². The van der Waals surface area contributed by atoms with Crippen molar-refractivity contribution in [3.63, 3.8) is 0 Å². The zero-order chi connectivity index (χ0) is 21.7. The summed E-state index contributed by atoms with van der Waals surface area (Å²) in [6.45, 7) is 6.73. The Bertz CT molecular complexity index is 884. The summed E-state index contributed by atoms with van der Waals surface area (Å²) in [4.78, 5) is 27.7. The standard InChI is InChI=1S/C25H31FN2O2/c1-4-18(3)27-25(30)22-14-21(20-10-11-23(26)17(2)12-20)15-28(16-22)24(29)13-19-8-6-5-7-9-19/h5-12,18,21-22H,4,13-16H2,1-3H3,(H,27,30). The summed E-state index contributed by atoms with van der Waals surface area (Å²) >= 11 is 0. The van der Waals surface area contributed by atoms with E-state index in [1.54, 1.807) is 17.9 Å². The molecule has 1 aliphatic rings. The molecule has 0 bridgehead atoms. The van der Waals surface area contributed by atoms with Crippen molar-refractivity contribution in [2.75, 3.05) is 13.1 Å². The van der Waals surface area contributed by atoms with E-state index in [0.29, 0.717) is 31.5 Å². The first kappa shape index (κ1) is 22.0. The van der Waals surface area contributed by atoms with E-state index in [9.17, 15) is 14.0 Å². The van der Waals surface area contributed by atoms with Crippen LogP contribution in [0.5, 0.6) is 0 Å². The highest BCUT2D eigenvalue weighted by atomic mass is 19.1. The smallest absolute Gasteiger partial charge is 0.227 e. The molecule has 1 fully saturated rings. The number of aryl methyl sites for hydroxylation is 1. The quantitative estimate of drug-likeness (QED) is 0.775. The molecule has 0 saturated carbocycles. The molecule has 1 saturated heterocycles. The lowest BCUT2D eigenvalue weighted by Gasteiger charge is -2.38. The van der Waals surface area contributed by atoms with Gasteiger partial charge in [-0.15, -0.1) is 0 Å². The monoisotopic (exact) mass is 410 g/mol. The summed E-state index contributed by atoms with van der Waals surface area (Å²) in [6, 6.07) is 14.8. The maximum absolute atomic E-state index is 13.8. The van der Waals surface area contributed by atoms with Gasteiger partial charge in [-0.2, -0.15) is 0 Å². The van der Waals surface area contributed by atoms with Crippen molar-refractivity contribution in [3.8, 4) is 0 Å². The summed E-state index contributed by atoms with van der Waals surface area (Å²) in [7, 11) is 0. The molecule has 0 aliphatic carbocycles. The number of halogens is 1. The van der Waals surface area contributed by atoms with Crippen LogP contribution in [0.1, 0.15) is 49.3 Å². The van der Waals surface area contributed by atoms with Gasteiger partial charge in [-0.25, -0.2) is 4.39 Å². The number of amides is 2. The van der Waals surface area contributed by atoms with Crippen LogP contribution in [0.2, 0.25) is 0 Å². The number of carbonyl (C=O) groups is 2. The lowest BCUT2D eigenvalue weighted by Crippen LogP contribution is -2.49. The van der Waals surface area contributed by atoms with Crippen LogP contribution in [0, 0.1) is 18.7 Å². The largest absolute Gasteiger partial charge is 0.353 e. The Morgan fingerprint density at radius 1 is 1.17 bits per heavy atom. The second kappa shape index (κ2) is 9.88. The average molecular weight is 411 g/mol. The number of rotatable bonds is 6. The highest BCUT2D eigenvalue weighted by molar-refractivity contribution is 5.82. The van der Waals surface area contributed by atoms with Crippen molar-refractivity contribution in [2.24, 2.45) is 5.92 Å². The third-order valence-electron chi connectivity index (χ3n) is 6.03. The second-order valence-electron chi connectivity index (χ2n) is 8.42. The molecule has 1 aliphatic heterocycles. The van der Waals surface area contributed by atoms with E-state index in [1.807, 2.05) is 50.2 Å². The van der Waals surface area contributed by atoms with Gasteiger partial charge in [0.05, 0.1) is 12.3 Å². The van der Waals surface area contributed by atoms with Crippen LogP contribution >= 0.6 is 0 Å². The third kappa shape index (κ3) is 5.47. The van der Waals surface area contributed by atoms with E-state index in [2.05, 4.69) is 5.32 Å². The number of nitrogens with zero attached hydrogens (tertiary/aromatic N) is 1. The number of nitrogens with one attached hydrogen (secondary N) is 1. The Kier molecular flexibility index (Phi) is 7.24. The van der Waals surface area contributed by atoms with Crippen molar-refractivity contribution < 1.29 is 14.0 Å². The van der Waals surface area contributed by atoms with E-state index in [0.717, 1.165) is 17.5 Å². The van der Waals surface area contributed by atoms with Crippen molar-refractivity contribution in [1.29, 1.82) is 0 Å². The molecule has 2 aromatic carbocycles. The van der Waals surface area contributed by atoms with Gasteiger partial charge < -0.3 is 10.2 Å². The van der Waals surface area contributed by atoms with E-state index >= 15 is 0 Å². The van der Waals surface area contributed by atoms with Crippen molar-refractivity contribution in [2.45, 2.75) is 52.0 Å². The van der Waals surface area contributed by atoms with Gasteiger partial charge in [0, 0.05) is 25.0 Å². The van der Waals surface area contributed by atoms with Crippen molar-refractivity contribution in [3.05, 3.63) is 71.0 Å². The SMILES string of the molecule is CCC(C)NC(=O)C1CC(c2ccc(F)c(C)c2)CN(C(=O)Cc2ccccc2)C1. The molecule has 3 atom stereocenters. The van der Waals surface area contributed by atoms with Crippen LogP contribution in [0.15, 0.2) is 48.5 Å². The summed E-state index contributed by atoms with van der Waals surface area (Å²) in [5.41, 5.74) is 2.52. The second-order valence-corrected chi connectivity index (χ2v) is 8.42. The summed E-state index contributed by atoms with van der Waals surface area (Å²) in [6.07, 6.45) is 1.83. The Labute approximate surface area is 178 Å². The molecule has 0 aromatic heterocycles. The maximum Gasteiger partial charge on any atom is 0.227 e. The fourth-order valence-electron chi connectivity index (χ4n) is 4.00. The van der Waals surface area contributed by atoms with E-state index in [1.165, 1.54) is 6.07 Å². The van der Waals surface area contributed by atoms with Crippen LogP contribution < -0.4 is 5.32 Å². The molecule has 4 nitrogen and oxygen atoms in total. The van der Waals surface area contributed by atoms with E-state index in [4.69, 9.17) is 0 Å². The molecule has 0 spiro atoms. The Morgan fingerprint density at radius 3 is 2.57 bits per heavy atom. The first-order valence-electron chi connectivity index (χ1n) is 10.8. The predicted molar refractivity (Wildman–Crippen MR) is 117 cm³/mol. The summed E-state index contributed by atoms with van der Waals surface area (Å²) in [5.74, 6) is -0.498. The van der Waals surface area contributed by atoms with Gasteiger partial charge in [0.15, 0.2) is 0 Å². The Morgan fingerprint density at radius 2 is 1.90 bits per heavy atom. The fraction of sp³-hybridized carbons (Fsp3) is 0.440. The molecule has 160 valence electrons.